The van der Waals surface area contributed by atoms with Gasteiger partial charge in [-0.3, -0.25) is 9.80 Å². The average Bonchev–Trinajstić information content (AvgIpc) is 3.49. The van der Waals surface area contributed by atoms with E-state index >= 15 is 0 Å². The molecule has 2 N–H and O–H groups in total. The predicted molar refractivity (Wildman–Crippen MR) is 181 cm³/mol. The molecular formula is C33H46FN7O5S2. The summed E-state index contributed by atoms with van der Waals surface area (Å²) in [5.41, 5.74) is 0.922. The lowest BCUT2D eigenvalue weighted by Gasteiger charge is -2.55. The van der Waals surface area contributed by atoms with E-state index in [0.717, 1.165) is 56.9 Å². The smallest absolute Gasteiger partial charge is 0.259 e. The summed E-state index contributed by atoms with van der Waals surface area (Å²) in [4.78, 5) is 19.6. The molecule has 0 unspecified atom stereocenters. The van der Waals surface area contributed by atoms with Gasteiger partial charge in [0.15, 0.2) is 22.4 Å². The topological polar surface area (TPSA) is 133 Å². The van der Waals surface area contributed by atoms with Crippen molar-refractivity contribution in [2.75, 3.05) is 50.8 Å². The van der Waals surface area contributed by atoms with E-state index in [1.54, 1.807) is 19.2 Å². The minimum atomic E-state index is -3.73. The number of thiazole rings is 1. The number of aryl methyl sites for hydroxylation is 1. The van der Waals surface area contributed by atoms with Gasteiger partial charge in [0, 0.05) is 54.5 Å². The molecule has 262 valence electrons. The Hall–Kier alpha value is -2.79. The summed E-state index contributed by atoms with van der Waals surface area (Å²) in [7, 11) is -3.73. The maximum Gasteiger partial charge on any atom is 0.259 e. The number of nitrogens with zero attached hydrogens (tertiary/aromatic N) is 6. The molecular weight excluding hydrogens is 658 g/mol. The molecule has 12 nitrogen and oxygen atoms in total. The van der Waals surface area contributed by atoms with Crippen LogP contribution in [0.4, 0.5) is 10.2 Å². The molecule has 0 aliphatic carbocycles. The highest BCUT2D eigenvalue weighted by molar-refractivity contribution is 7.89. The number of aliphatic hydroxyl groups is 1. The number of likely N-dealkylation sites (tertiary alicyclic amines) is 1. The van der Waals surface area contributed by atoms with Gasteiger partial charge in [0.05, 0.1) is 24.4 Å². The molecule has 0 saturated carbocycles. The van der Waals surface area contributed by atoms with Crippen molar-refractivity contribution in [2.45, 2.75) is 82.8 Å². The molecule has 3 aliphatic heterocycles. The van der Waals surface area contributed by atoms with Crippen LogP contribution in [0, 0.1) is 18.2 Å². The van der Waals surface area contributed by atoms with Crippen LogP contribution >= 0.6 is 11.3 Å². The highest BCUT2D eigenvalue weighted by Gasteiger charge is 2.47. The Labute approximate surface area is 286 Å². The zero-order chi connectivity index (χ0) is 34.1. The molecule has 3 saturated heterocycles. The molecule has 1 aromatic carbocycles. The monoisotopic (exact) mass is 703 g/mol. The van der Waals surface area contributed by atoms with Gasteiger partial charge in [-0.05, 0) is 77.9 Å². The Morgan fingerprint density at radius 1 is 1.23 bits per heavy atom. The van der Waals surface area contributed by atoms with E-state index in [4.69, 9.17) is 9.47 Å². The number of nitrogens with one attached hydrogen (secondary N) is 1. The first-order chi connectivity index (χ1) is 22.9. The number of aromatic nitrogens is 3. The second-order valence-electron chi connectivity index (χ2n) is 13.7. The Morgan fingerprint density at radius 2 is 2.00 bits per heavy atom. The van der Waals surface area contributed by atoms with Crippen molar-refractivity contribution in [3.8, 4) is 11.5 Å². The summed E-state index contributed by atoms with van der Waals surface area (Å²) in [6.07, 6.45) is 5.96. The van der Waals surface area contributed by atoms with Crippen LogP contribution in [0.3, 0.4) is 0 Å². The fourth-order valence-electron chi connectivity index (χ4n) is 6.93. The Kier molecular flexibility index (Phi) is 10.4. The number of hydrogen-bond donors (Lipinski definition) is 2. The number of piperidine rings is 1. The van der Waals surface area contributed by atoms with Gasteiger partial charge in [-0.2, -0.15) is 0 Å². The number of sulfonamides is 1. The summed E-state index contributed by atoms with van der Waals surface area (Å²) in [5.74, 6) is 0.254. The first-order valence-corrected chi connectivity index (χ1v) is 19.0. The second kappa shape index (κ2) is 14.2. The lowest BCUT2D eigenvalue weighted by molar-refractivity contribution is -0.239. The quantitative estimate of drug-likeness (QED) is 0.282. The number of halogens is 1. The molecule has 0 amide bonds. The number of benzene rings is 1. The van der Waals surface area contributed by atoms with E-state index in [1.807, 2.05) is 0 Å². The SMILES string of the molecule is CCN(Cc1cc(F)ccc1Oc1cncnc1N1CC2(CCN(C[C@@]3(O)CC[C@@H](NS(=O)(=O)c4csc(C)n4)CO3)CC2)C1)C(C)C. The minimum Gasteiger partial charge on any atom is -0.451 e. The first-order valence-electron chi connectivity index (χ1n) is 16.6. The maximum atomic E-state index is 14.3. The zero-order valence-electron chi connectivity index (χ0n) is 28.1. The van der Waals surface area contributed by atoms with Gasteiger partial charge < -0.3 is 19.5 Å². The van der Waals surface area contributed by atoms with E-state index in [9.17, 15) is 17.9 Å². The molecule has 0 bridgehead atoms. The van der Waals surface area contributed by atoms with Crippen molar-refractivity contribution in [3.05, 3.63) is 52.5 Å². The molecule has 1 spiro atoms. The number of ether oxygens (including phenoxy) is 2. The van der Waals surface area contributed by atoms with Gasteiger partial charge in [-0.1, -0.05) is 6.92 Å². The van der Waals surface area contributed by atoms with Gasteiger partial charge in [0.1, 0.15) is 17.9 Å². The molecule has 6 rings (SSSR count). The predicted octanol–water partition coefficient (Wildman–Crippen LogP) is 4.15. The molecule has 5 heterocycles. The molecule has 2 aromatic heterocycles. The standard InChI is InChI=1S/C33H46FN7O5S2/c1-5-40(23(2)3)16-25-14-26(34)6-7-28(25)46-29-15-35-22-36-31(29)41-19-32(20-41)10-12-39(13-11-32)21-33(42)9-8-27(17-45-33)38-48(43,44)30-18-47-24(4)37-30/h6-7,14-15,18,22-23,27,38,42H,5,8-13,16-17,19-21H2,1-4H3/t27-,33-/m1/s1. The first kappa shape index (κ1) is 35.1. The van der Waals surface area contributed by atoms with E-state index < -0.39 is 21.9 Å². The Morgan fingerprint density at radius 3 is 2.65 bits per heavy atom. The summed E-state index contributed by atoms with van der Waals surface area (Å²) in [6, 6.07) is 4.52. The second-order valence-corrected chi connectivity index (χ2v) is 16.4. The van der Waals surface area contributed by atoms with E-state index in [0.29, 0.717) is 48.5 Å². The van der Waals surface area contributed by atoms with Crippen LogP contribution in [0.5, 0.6) is 11.5 Å². The molecule has 3 fully saturated rings. The van der Waals surface area contributed by atoms with E-state index in [-0.39, 0.29) is 22.9 Å². The fraction of sp³-hybridized carbons (Fsp3) is 0.606. The molecule has 3 aliphatic rings. The van der Waals surface area contributed by atoms with E-state index in [2.05, 4.69) is 55.1 Å². The number of anilines is 1. The normalized spacial score (nSPS) is 23.2. The third kappa shape index (κ3) is 7.98. The lowest BCUT2D eigenvalue weighted by Crippen LogP contribution is -2.62. The Balaban J connectivity index is 1.00. The third-order valence-corrected chi connectivity index (χ3v) is 12.1. The maximum absolute atomic E-state index is 14.3. The van der Waals surface area contributed by atoms with Crippen LogP contribution in [-0.2, 0) is 21.3 Å². The van der Waals surface area contributed by atoms with Crippen molar-refractivity contribution in [1.29, 1.82) is 0 Å². The summed E-state index contributed by atoms with van der Waals surface area (Å²) >= 11 is 1.29. The van der Waals surface area contributed by atoms with Crippen LogP contribution in [0.25, 0.3) is 0 Å². The third-order valence-electron chi connectivity index (χ3n) is 9.78. The van der Waals surface area contributed by atoms with Gasteiger partial charge >= 0.3 is 0 Å². The zero-order valence-corrected chi connectivity index (χ0v) is 29.7. The van der Waals surface area contributed by atoms with Crippen LogP contribution in [0.1, 0.15) is 57.0 Å². The van der Waals surface area contributed by atoms with Crippen LogP contribution in [0.2, 0.25) is 0 Å². The van der Waals surface area contributed by atoms with Crippen LogP contribution < -0.4 is 14.4 Å². The molecule has 0 radical (unpaired) electrons. The number of rotatable bonds is 12. The largest absolute Gasteiger partial charge is 0.451 e. The Bertz CT molecular complexity index is 1670. The summed E-state index contributed by atoms with van der Waals surface area (Å²) < 4.78 is 54.5. The molecule has 3 aromatic rings. The molecule has 15 heteroatoms. The van der Waals surface area contributed by atoms with Crippen LogP contribution in [0.15, 0.2) is 41.1 Å². The average molecular weight is 704 g/mol. The highest BCUT2D eigenvalue weighted by atomic mass is 32.2. The van der Waals surface area contributed by atoms with Gasteiger partial charge in [0.25, 0.3) is 10.0 Å². The van der Waals surface area contributed by atoms with Gasteiger partial charge in [-0.15, -0.1) is 11.3 Å². The van der Waals surface area contributed by atoms with Gasteiger partial charge in [-0.25, -0.2) is 32.5 Å². The van der Waals surface area contributed by atoms with Crippen molar-refractivity contribution in [3.63, 3.8) is 0 Å². The minimum absolute atomic E-state index is 0.0219. The highest BCUT2D eigenvalue weighted by Crippen LogP contribution is 2.45. The van der Waals surface area contributed by atoms with Crippen molar-refractivity contribution < 1.29 is 27.4 Å². The summed E-state index contributed by atoms with van der Waals surface area (Å²) in [5, 5.41) is 13.5. The van der Waals surface area contributed by atoms with Crippen molar-refractivity contribution >= 4 is 27.2 Å². The fourth-order valence-corrected chi connectivity index (χ4v) is 9.11. The van der Waals surface area contributed by atoms with Gasteiger partial charge in [0.2, 0.25) is 0 Å². The molecule has 48 heavy (non-hydrogen) atoms. The number of β-amino-alcohol motifs (C(OH)–C–C–N with tert-alkyl or cyclic N) is 1. The molecule has 2 atom stereocenters. The van der Waals surface area contributed by atoms with Crippen molar-refractivity contribution in [1.82, 2.24) is 29.5 Å². The lowest BCUT2D eigenvalue weighted by atomic mass is 9.72. The van der Waals surface area contributed by atoms with Crippen molar-refractivity contribution in [2.24, 2.45) is 5.41 Å². The van der Waals surface area contributed by atoms with Crippen LogP contribution in [-0.4, -0.2) is 102 Å². The van der Waals surface area contributed by atoms with E-state index in [1.165, 1.54) is 35.2 Å². The summed E-state index contributed by atoms with van der Waals surface area (Å²) in [6.45, 7) is 13.3. The number of hydrogen-bond acceptors (Lipinski definition) is 12.